The third kappa shape index (κ3) is 5.51. The molecular weight excluding hydrogens is 650 g/mol. The highest BCUT2D eigenvalue weighted by molar-refractivity contribution is 9.10. The third-order valence-electron chi connectivity index (χ3n) is 7.12. The maximum Gasteiger partial charge on any atom is 0.301 e. The summed E-state index contributed by atoms with van der Waals surface area (Å²) in [5, 5.41) is 22.7. The van der Waals surface area contributed by atoms with Crippen LogP contribution >= 0.6 is 39.0 Å². The molecule has 1 unspecified atom stereocenters. The number of amides is 1. The molecule has 1 aliphatic heterocycles. The first-order valence-electron chi connectivity index (χ1n) is 13.1. The lowest BCUT2D eigenvalue weighted by molar-refractivity contribution is -0.132. The summed E-state index contributed by atoms with van der Waals surface area (Å²) in [6.45, 7) is 0. The van der Waals surface area contributed by atoms with E-state index in [-0.39, 0.29) is 16.5 Å². The number of fused-ring (bicyclic) bond motifs is 1. The minimum atomic E-state index is -0.926. The molecule has 43 heavy (non-hydrogen) atoms. The summed E-state index contributed by atoms with van der Waals surface area (Å²) in [6, 6.07) is 25.5. The van der Waals surface area contributed by atoms with Crippen LogP contribution in [0.4, 0.5) is 5.13 Å². The molecule has 1 N–H and O–H groups in total. The van der Waals surface area contributed by atoms with Crippen LogP contribution in [0.15, 0.2) is 99.3 Å². The van der Waals surface area contributed by atoms with Gasteiger partial charge in [-0.3, -0.25) is 14.5 Å². The first-order valence-corrected chi connectivity index (χ1v) is 15.7. The molecule has 11 heteroatoms. The zero-order valence-electron chi connectivity index (χ0n) is 23.0. The average Bonchev–Trinajstić information content (AvgIpc) is 3.61. The van der Waals surface area contributed by atoms with E-state index in [2.05, 4.69) is 50.4 Å². The largest absolute Gasteiger partial charge is 0.507 e. The molecule has 0 aliphatic carbocycles. The molecule has 1 aliphatic rings. The molecule has 2 heterocycles. The Morgan fingerprint density at radius 1 is 0.953 bits per heavy atom. The molecule has 1 amide bonds. The van der Waals surface area contributed by atoms with Gasteiger partial charge in [0.1, 0.15) is 5.76 Å². The zero-order valence-corrected chi connectivity index (χ0v) is 26.2. The maximum atomic E-state index is 13.6. The van der Waals surface area contributed by atoms with Gasteiger partial charge in [0, 0.05) is 15.8 Å². The molecule has 6 rings (SSSR count). The number of halogens is 1. The van der Waals surface area contributed by atoms with Gasteiger partial charge in [-0.05, 0) is 52.2 Å². The Hall–Kier alpha value is -4.19. The molecule has 1 fully saturated rings. The van der Waals surface area contributed by atoms with Crippen molar-refractivity contribution in [1.82, 2.24) is 10.2 Å². The van der Waals surface area contributed by atoms with Gasteiger partial charge >= 0.3 is 5.91 Å². The predicted molar refractivity (Wildman–Crippen MR) is 172 cm³/mol. The number of anilines is 1. The molecule has 0 spiro atoms. The number of ether oxygens (including phenoxy) is 2. The van der Waals surface area contributed by atoms with Crippen molar-refractivity contribution in [2.45, 2.75) is 16.1 Å². The number of carbonyl (C=O) groups excluding carboxylic acids is 2. The molecule has 5 aromatic rings. The van der Waals surface area contributed by atoms with Gasteiger partial charge in [-0.15, -0.1) is 10.2 Å². The lowest BCUT2D eigenvalue weighted by Crippen LogP contribution is -2.29. The number of aliphatic hydroxyl groups excluding tert-OH is 1. The number of aromatic nitrogens is 2. The summed E-state index contributed by atoms with van der Waals surface area (Å²) in [4.78, 5) is 28.4. The normalized spacial score (nSPS) is 16.2. The van der Waals surface area contributed by atoms with Crippen molar-refractivity contribution in [3.05, 3.63) is 112 Å². The highest BCUT2D eigenvalue weighted by atomic mass is 79.9. The fourth-order valence-corrected chi connectivity index (χ4v) is 7.18. The lowest BCUT2D eigenvalue weighted by atomic mass is 9.95. The predicted octanol–water partition coefficient (Wildman–Crippen LogP) is 7.39. The minimum absolute atomic E-state index is 0.0558. The van der Waals surface area contributed by atoms with Gasteiger partial charge in [0.05, 0.1) is 25.8 Å². The van der Waals surface area contributed by atoms with Crippen LogP contribution in [0.25, 0.3) is 16.5 Å². The first-order chi connectivity index (χ1) is 20.9. The third-order valence-corrected chi connectivity index (χ3v) is 9.75. The van der Waals surface area contributed by atoms with Gasteiger partial charge in [0.2, 0.25) is 5.13 Å². The number of hydrogen-bond donors (Lipinski definition) is 1. The van der Waals surface area contributed by atoms with Crippen LogP contribution in [0, 0.1) is 0 Å². The Labute approximate surface area is 264 Å². The highest BCUT2D eigenvalue weighted by Gasteiger charge is 2.48. The zero-order chi connectivity index (χ0) is 30.1. The summed E-state index contributed by atoms with van der Waals surface area (Å²) in [6.07, 6.45) is 0. The Bertz CT molecular complexity index is 1880. The topological polar surface area (TPSA) is 102 Å². The first kappa shape index (κ1) is 28.9. The van der Waals surface area contributed by atoms with Gasteiger partial charge in [0.25, 0.3) is 5.78 Å². The number of thioether (sulfide) groups is 1. The van der Waals surface area contributed by atoms with Crippen LogP contribution in [-0.2, 0) is 15.3 Å². The number of hydrogen-bond acceptors (Lipinski definition) is 9. The number of rotatable bonds is 8. The molecule has 0 radical (unpaired) electrons. The van der Waals surface area contributed by atoms with E-state index in [1.54, 1.807) is 30.3 Å². The number of carbonyl (C=O) groups is 2. The van der Waals surface area contributed by atoms with Crippen LogP contribution in [0.3, 0.4) is 0 Å². The molecular formula is C32H24BrN3O5S2. The van der Waals surface area contributed by atoms with E-state index >= 15 is 0 Å². The number of methoxy groups -OCH3 is 2. The van der Waals surface area contributed by atoms with Gasteiger partial charge in [-0.1, -0.05) is 93.6 Å². The second-order valence-corrected chi connectivity index (χ2v) is 12.7. The molecule has 0 bridgehead atoms. The fourth-order valence-electron chi connectivity index (χ4n) is 5.05. The number of Topliss-reactive ketones (excluding diaryl/α,β-unsaturated/α-hetero) is 1. The summed E-state index contributed by atoms with van der Waals surface area (Å²) >= 11 is 6.18. The smallest absolute Gasteiger partial charge is 0.301 e. The van der Waals surface area contributed by atoms with Gasteiger partial charge in [-0.25, -0.2) is 0 Å². The van der Waals surface area contributed by atoms with E-state index in [1.165, 1.54) is 47.6 Å². The molecule has 216 valence electrons. The van der Waals surface area contributed by atoms with Crippen LogP contribution in [0.1, 0.15) is 22.7 Å². The summed E-state index contributed by atoms with van der Waals surface area (Å²) in [7, 11) is 2.99. The summed E-state index contributed by atoms with van der Waals surface area (Å²) < 4.78 is 12.2. The molecule has 1 saturated heterocycles. The van der Waals surface area contributed by atoms with Crippen LogP contribution in [0.2, 0.25) is 0 Å². The standard InChI is InChI=1S/C32H24BrN3O5S2/c1-40-24-15-12-20(16-25(24)41-2)28(37)26-27(19-10-13-22(33)14-11-19)36(30(39)29(26)38)31-34-35-32(43-31)42-17-21-8-5-7-18-6-3-4-9-23(18)21/h3-16,27,37H,17H2,1-2H3. The lowest BCUT2D eigenvalue weighted by Gasteiger charge is -2.22. The van der Waals surface area contributed by atoms with E-state index in [0.717, 1.165) is 15.4 Å². The summed E-state index contributed by atoms with van der Waals surface area (Å²) in [5.74, 6) is -0.448. The van der Waals surface area contributed by atoms with Crippen molar-refractivity contribution >= 4 is 72.4 Å². The SMILES string of the molecule is COc1ccc(C(O)=C2C(=O)C(=O)N(c3nnc(SCc4cccc5ccccc45)s3)C2c2ccc(Br)cc2)cc1OC. The number of aliphatic hydroxyl groups is 1. The van der Waals surface area contributed by atoms with Crippen molar-refractivity contribution in [3.63, 3.8) is 0 Å². The van der Waals surface area contributed by atoms with Gasteiger partial charge in [-0.2, -0.15) is 0 Å². The van der Waals surface area contributed by atoms with Crippen LogP contribution in [-0.4, -0.2) is 41.2 Å². The molecule has 1 aromatic heterocycles. The van der Waals surface area contributed by atoms with E-state index in [1.807, 2.05) is 30.3 Å². The average molecular weight is 675 g/mol. The van der Waals surface area contributed by atoms with E-state index in [0.29, 0.717) is 32.7 Å². The second kappa shape index (κ2) is 12.2. The quantitative estimate of drug-likeness (QED) is 0.0598. The van der Waals surface area contributed by atoms with Crippen LogP contribution in [0.5, 0.6) is 11.5 Å². The van der Waals surface area contributed by atoms with E-state index < -0.39 is 17.7 Å². The maximum absolute atomic E-state index is 13.6. The molecule has 1 atom stereocenters. The summed E-state index contributed by atoms with van der Waals surface area (Å²) in [5.41, 5.74) is 2.04. The molecule has 4 aromatic carbocycles. The Morgan fingerprint density at radius 2 is 1.70 bits per heavy atom. The number of nitrogens with zero attached hydrogens (tertiary/aromatic N) is 3. The Morgan fingerprint density at radius 3 is 2.47 bits per heavy atom. The van der Waals surface area contributed by atoms with Gasteiger partial charge < -0.3 is 14.6 Å². The van der Waals surface area contributed by atoms with E-state index in [9.17, 15) is 14.7 Å². The van der Waals surface area contributed by atoms with Crippen LogP contribution < -0.4 is 14.4 Å². The fraction of sp³-hybridized carbons (Fsp3) is 0.125. The van der Waals surface area contributed by atoms with Crippen molar-refractivity contribution in [1.29, 1.82) is 0 Å². The van der Waals surface area contributed by atoms with Crippen molar-refractivity contribution in [3.8, 4) is 11.5 Å². The molecule has 0 saturated carbocycles. The van der Waals surface area contributed by atoms with Crippen molar-refractivity contribution in [2.24, 2.45) is 0 Å². The van der Waals surface area contributed by atoms with Crippen molar-refractivity contribution < 1.29 is 24.2 Å². The Kier molecular flexibility index (Phi) is 8.20. The highest BCUT2D eigenvalue weighted by Crippen LogP contribution is 2.45. The molecule has 8 nitrogen and oxygen atoms in total. The Balaban J connectivity index is 1.38. The van der Waals surface area contributed by atoms with E-state index in [4.69, 9.17) is 9.47 Å². The minimum Gasteiger partial charge on any atom is -0.507 e. The van der Waals surface area contributed by atoms with Crippen molar-refractivity contribution in [2.75, 3.05) is 19.1 Å². The second-order valence-electron chi connectivity index (χ2n) is 9.57. The number of benzene rings is 4. The monoisotopic (exact) mass is 673 g/mol. The number of ketones is 1. The van der Waals surface area contributed by atoms with Gasteiger partial charge in [0.15, 0.2) is 15.8 Å².